The average Bonchev–Trinajstić information content (AvgIpc) is 2.46. The molecule has 0 bridgehead atoms. The molecule has 0 atom stereocenters. The molecule has 0 spiro atoms. The highest BCUT2D eigenvalue weighted by Gasteiger charge is 2.12. The fourth-order valence-electron chi connectivity index (χ4n) is 2.34. The molecule has 1 aromatic rings. The lowest BCUT2D eigenvalue weighted by Crippen LogP contribution is -2.25. The van der Waals surface area contributed by atoms with E-state index in [1.807, 2.05) is 18.2 Å². The molecular formula is C15H21N3O2. The number of benzene rings is 1. The van der Waals surface area contributed by atoms with Gasteiger partial charge < -0.3 is 16.4 Å². The standard InChI is InChI=1S/C15H21N3O2/c16-14(19)5-1-2-8-18-15(20)12-6-7-13-11(10-12)4-3-9-17-13/h6-7,10,17H,1-5,8-9H2,(H2,16,19)(H,18,20). The van der Waals surface area contributed by atoms with Crippen LogP contribution in [-0.2, 0) is 11.2 Å². The predicted octanol–water partition coefficient (Wildman–Crippen LogP) is 1.43. The Morgan fingerprint density at radius 2 is 2.15 bits per heavy atom. The number of primary amides is 1. The number of rotatable bonds is 6. The molecule has 0 saturated carbocycles. The molecule has 0 radical (unpaired) electrons. The molecule has 5 nitrogen and oxygen atoms in total. The number of hydrogen-bond acceptors (Lipinski definition) is 3. The Morgan fingerprint density at radius 1 is 1.30 bits per heavy atom. The number of amides is 2. The number of fused-ring (bicyclic) bond motifs is 1. The number of aryl methyl sites for hydroxylation is 1. The zero-order valence-electron chi connectivity index (χ0n) is 11.6. The molecule has 5 heteroatoms. The molecule has 1 aliphatic heterocycles. The summed E-state index contributed by atoms with van der Waals surface area (Å²) in [5, 5.41) is 6.19. The van der Waals surface area contributed by atoms with Crippen LogP contribution >= 0.6 is 0 Å². The Hall–Kier alpha value is -2.04. The molecule has 108 valence electrons. The molecule has 1 heterocycles. The Bertz CT molecular complexity index is 500. The zero-order valence-corrected chi connectivity index (χ0v) is 11.6. The van der Waals surface area contributed by atoms with E-state index in [9.17, 15) is 9.59 Å². The Morgan fingerprint density at radius 3 is 2.95 bits per heavy atom. The first-order valence-electron chi connectivity index (χ1n) is 7.10. The van der Waals surface area contributed by atoms with Crippen molar-refractivity contribution in [3.8, 4) is 0 Å². The van der Waals surface area contributed by atoms with Crippen molar-refractivity contribution in [2.45, 2.75) is 32.1 Å². The summed E-state index contributed by atoms with van der Waals surface area (Å²) >= 11 is 0. The maximum atomic E-state index is 12.0. The lowest BCUT2D eigenvalue weighted by molar-refractivity contribution is -0.118. The maximum Gasteiger partial charge on any atom is 0.251 e. The molecule has 0 fully saturated rings. The van der Waals surface area contributed by atoms with E-state index in [4.69, 9.17) is 5.73 Å². The van der Waals surface area contributed by atoms with E-state index in [1.165, 1.54) is 5.56 Å². The highest BCUT2D eigenvalue weighted by atomic mass is 16.2. The summed E-state index contributed by atoms with van der Waals surface area (Å²) < 4.78 is 0. The van der Waals surface area contributed by atoms with E-state index in [-0.39, 0.29) is 11.8 Å². The number of nitrogens with two attached hydrogens (primary N) is 1. The topological polar surface area (TPSA) is 84.2 Å². The van der Waals surface area contributed by atoms with Crippen molar-refractivity contribution >= 4 is 17.5 Å². The van der Waals surface area contributed by atoms with Crippen molar-refractivity contribution in [3.05, 3.63) is 29.3 Å². The van der Waals surface area contributed by atoms with E-state index in [1.54, 1.807) is 0 Å². The van der Waals surface area contributed by atoms with Gasteiger partial charge in [-0.3, -0.25) is 9.59 Å². The fourth-order valence-corrected chi connectivity index (χ4v) is 2.34. The highest BCUT2D eigenvalue weighted by molar-refractivity contribution is 5.94. The first-order valence-corrected chi connectivity index (χ1v) is 7.10. The van der Waals surface area contributed by atoms with Crippen LogP contribution in [0.5, 0.6) is 0 Å². The molecule has 2 amide bonds. The SMILES string of the molecule is NC(=O)CCCCNC(=O)c1ccc2c(c1)CCCN2. The van der Waals surface area contributed by atoms with Crippen molar-refractivity contribution in [1.82, 2.24) is 5.32 Å². The minimum atomic E-state index is -0.293. The van der Waals surface area contributed by atoms with Crippen LogP contribution in [0.15, 0.2) is 18.2 Å². The van der Waals surface area contributed by atoms with E-state index < -0.39 is 0 Å². The predicted molar refractivity (Wildman–Crippen MR) is 78.6 cm³/mol. The molecule has 0 aromatic heterocycles. The van der Waals surface area contributed by atoms with Gasteiger partial charge in [0.2, 0.25) is 5.91 Å². The lowest BCUT2D eigenvalue weighted by Gasteiger charge is -2.18. The van der Waals surface area contributed by atoms with Gasteiger partial charge in [-0.2, -0.15) is 0 Å². The van der Waals surface area contributed by atoms with Crippen molar-refractivity contribution < 1.29 is 9.59 Å². The fraction of sp³-hybridized carbons (Fsp3) is 0.467. The van der Waals surface area contributed by atoms with Gasteiger partial charge in [0.1, 0.15) is 0 Å². The second kappa shape index (κ2) is 6.93. The molecule has 1 aliphatic rings. The summed E-state index contributed by atoms with van der Waals surface area (Å²) in [5.74, 6) is -0.351. The van der Waals surface area contributed by atoms with Crippen molar-refractivity contribution in [2.24, 2.45) is 5.73 Å². The van der Waals surface area contributed by atoms with E-state index in [0.717, 1.165) is 31.5 Å². The van der Waals surface area contributed by atoms with E-state index >= 15 is 0 Å². The lowest BCUT2D eigenvalue weighted by atomic mass is 10.0. The molecule has 0 saturated heterocycles. The highest BCUT2D eigenvalue weighted by Crippen LogP contribution is 2.22. The quantitative estimate of drug-likeness (QED) is 0.687. The van der Waals surface area contributed by atoms with Gasteiger partial charge in [-0.1, -0.05) is 0 Å². The van der Waals surface area contributed by atoms with Crippen molar-refractivity contribution in [3.63, 3.8) is 0 Å². The Kier molecular flexibility index (Phi) is 4.98. The van der Waals surface area contributed by atoms with Crippen LogP contribution in [0.4, 0.5) is 5.69 Å². The summed E-state index contributed by atoms with van der Waals surface area (Å²) in [6, 6.07) is 5.77. The van der Waals surface area contributed by atoms with E-state index in [2.05, 4.69) is 10.6 Å². The maximum absolute atomic E-state index is 12.0. The number of hydrogen-bond donors (Lipinski definition) is 3. The van der Waals surface area contributed by atoms with Gasteiger partial charge >= 0.3 is 0 Å². The minimum Gasteiger partial charge on any atom is -0.385 e. The largest absolute Gasteiger partial charge is 0.385 e. The molecule has 20 heavy (non-hydrogen) atoms. The molecule has 4 N–H and O–H groups in total. The van der Waals surface area contributed by atoms with Crippen LogP contribution in [0.25, 0.3) is 0 Å². The molecular weight excluding hydrogens is 254 g/mol. The number of nitrogens with one attached hydrogen (secondary N) is 2. The van der Waals surface area contributed by atoms with E-state index in [0.29, 0.717) is 24.9 Å². The van der Waals surface area contributed by atoms with Crippen LogP contribution < -0.4 is 16.4 Å². The third-order valence-corrected chi connectivity index (χ3v) is 3.44. The summed E-state index contributed by atoms with van der Waals surface area (Å²) in [6.45, 7) is 1.57. The van der Waals surface area contributed by atoms with Gasteiger partial charge in [0.25, 0.3) is 5.91 Å². The summed E-state index contributed by atoms with van der Waals surface area (Å²) in [6.07, 6.45) is 3.97. The normalized spacial score (nSPS) is 13.2. The van der Waals surface area contributed by atoms with Crippen LogP contribution in [-0.4, -0.2) is 24.9 Å². The van der Waals surface area contributed by atoms with Gasteiger partial charge in [-0.05, 0) is 49.4 Å². The van der Waals surface area contributed by atoms with Crippen LogP contribution in [0, 0.1) is 0 Å². The molecule has 0 unspecified atom stereocenters. The third kappa shape index (κ3) is 3.98. The molecule has 2 rings (SSSR count). The van der Waals surface area contributed by atoms with Crippen LogP contribution in [0.1, 0.15) is 41.6 Å². The van der Waals surface area contributed by atoms with Crippen molar-refractivity contribution in [1.29, 1.82) is 0 Å². The van der Waals surface area contributed by atoms with Gasteiger partial charge in [-0.15, -0.1) is 0 Å². The first kappa shape index (κ1) is 14.4. The monoisotopic (exact) mass is 275 g/mol. The third-order valence-electron chi connectivity index (χ3n) is 3.44. The molecule has 0 aliphatic carbocycles. The smallest absolute Gasteiger partial charge is 0.251 e. The summed E-state index contributed by atoms with van der Waals surface area (Å²) in [5.41, 5.74) is 8.09. The first-order chi connectivity index (χ1) is 9.66. The number of carbonyl (C=O) groups excluding carboxylic acids is 2. The molecule has 1 aromatic carbocycles. The van der Waals surface area contributed by atoms with Crippen LogP contribution in [0.2, 0.25) is 0 Å². The average molecular weight is 275 g/mol. The van der Waals surface area contributed by atoms with Crippen LogP contribution in [0.3, 0.4) is 0 Å². The van der Waals surface area contributed by atoms with Crippen molar-refractivity contribution in [2.75, 3.05) is 18.4 Å². The number of anilines is 1. The number of unbranched alkanes of at least 4 members (excludes halogenated alkanes) is 1. The summed E-state index contributed by atoms with van der Waals surface area (Å²) in [7, 11) is 0. The van der Waals surface area contributed by atoms with Gasteiger partial charge in [-0.25, -0.2) is 0 Å². The van der Waals surface area contributed by atoms with Gasteiger partial charge in [0, 0.05) is 30.8 Å². The number of carbonyl (C=O) groups is 2. The second-order valence-electron chi connectivity index (χ2n) is 5.08. The summed E-state index contributed by atoms with van der Waals surface area (Å²) in [4.78, 5) is 22.6. The zero-order chi connectivity index (χ0) is 14.4. The van der Waals surface area contributed by atoms with Gasteiger partial charge in [0.05, 0.1) is 0 Å². The minimum absolute atomic E-state index is 0.0579. The van der Waals surface area contributed by atoms with Gasteiger partial charge in [0.15, 0.2) is 0 Å². The second-order valence-corrected chi connectivity index (χ2v) is 5.08. The Balaban J connectivity index is 1.82. The Labute approximate surface area is 118 Å².